The largest absolute Gasteiger partial charge is 0.351 e. The van der Waals surface area contributed by atoms with Gasteiger partial charge in [0.25, 0.3) is 0 Å². The summed E-state index contributed by atoms with van der Waals surface area (Å²) in [6.07, 6.45) is 11.8. The van der Waals surface area contributed by atoms with Crippen LogP contribution < -0.4 is 5.32 Å². The van der Waals surface area contributed by atoms with Gasteiger partial charge >= 0.3 is 0 Å². The van der Waals surface area contributed by atoms with Crippen LogP contribution in [0.25, 0.3) is 0 Å². The highest BCUT2D eigenvalue weighted by Crippen LogP contribution is 2.26. The third kappa shape index (κ3) is 3.66. The highest BCUT2D eigenvalue weighted by Gasteiger charge is 2.23. The van der Waals surface area contributed by atoms with Crippen LogP contribution in [0.15, 0.2) is 18.5 Å². The molecule has 1 N–H and O–H groups in total. The first-order valence-corrected chi connectivity index (χ1v) is 7.66. The molecule has 0 spiro atoms. The molecule has 2 heterocycles. The molecule has 104 valence electrons. The average molecular weight is 260 g/mol. The SMILES string of the molecule is c1cnc(NC2CCN(CC3CCCC3)CC2)nc1. The predicted octanol–water partition coefficient (Wildman–Crippen LogP) is 2.54. The van der Waals surface area contributed by atoms with Gasteiger partial charge < -0.3 is 10.2 Å². The molecule has 19 heavy (non-hydrogen) atoms. The van der Waals surface area contributed by atoms with E-state index in [0.717, 1.165) is 11.9 Å². The summed E-state index contributed by atoms with van der Waals surface area (Å²) < 4.78 is 0. The second-order valence-corrected chi connectivity index (χ2v) is 5.94. The maximum Gasteiger partial charge on any atom is 0.222 e. The van der Waals surface area contributed by atoms with Gasteiger partial charge in [-0.25, -0.2) is 9.97 Å². The Hall–Kier alpha value is -1.16. The van der Waals surface area contributed by atoms with Crippen molar-refractivity contribution >= 4 is 5.95 Å². The number of aromatic nitrogens is 2. The van der Waals surface area contributed by atoms with E-state index in [1.54, 1.807) is 12.4 Å². The molecule has 2 aliphatic rings. The van der Waals surface area contributed by atoms with Gasteiger partial charge in [-0.1, -0.05) is 12.8 Å². The standard InChI is InChI=1S/C15H24N4/c1-2-5-13(4-1)12-19-10-6-14(7-11-19)18-15-16-8-3-9-17-15/h3,8-9,13-14H,1-2,4-7,10-12H2,(H,16,17,18). The van der Waals surface area contributed by atoms with Crippen molar-refractivity contribution in [1.29, 1.82) is 0 Å². The molecule has 1 aromatic rings. The Morgan fingerprint density at radius 3 is 2.42 bits per heavy atom. The average Bonchev–Trinajstić information content (AvgIpc) is 2.95. The molecule has 0 radical (unpaired) electrons. The molecule has 0 unspecified atom stereocenters. The first kappa shape index (κ1) is 12.9. The normalized spacial score (nSPS) is 22.7. The third-order valence-corrected chi connectivity index (χ3v) is 4.48. The zero-order chi connectivity index (χ0) is 12.9. The minimum Gasteiger partial charge on any atom is -0.351 e. The van der Waals surface area contributed by atoms with Crippen molar-refractivity contribution in [2.75, 3.05) is 25.0 Å². The molecule has 2 fully saturated rings. The first-order chi connectivity index (χ1) is 9.40. The summed E-state index contributed by atoms with van der Waals surface area (Å²) in [6.45, 7) is 3.77. The molecule has 0 bridgehead atoms. The Labute approximate surface area is 115 Å². The zero-order valence-corrected chi connectivity index (χ0v) is 11.6. The van der Waals surface area contributed by atoms with Gasteiger partial charge in [-0.2, -0.15) is 0 Å². The molecule has 1 aromatic heterocycles. The number of hydrogen-bond donors (Lipinski definition) is 1. The number of likely N-dealkylation sites (tertiary alicyclic amines) is 1. The number of anilines is 1. The Balaban J connectivity index is 1.41. The Kier molecular flexibility index (Phi) is 4.28. The van der Waals surface area contributed by atoms with Crippen LogP contribution in [0.5, 0.6) is 0 Å². The van der Waals surface area contributed by atoms with Crippen LogP contribution in [0.3, 0.4) is 0 Å². The van der Waals surface area contributed by atoms with Crippen molar-refractivity contribution in [2.24, 2.45) is 5.92 Å². The van der Waals surface area contributed by atoms with Gasteiger partial charge in [-0.05, 0) is 37.7 Å². The highest BCUT2D eigenvalue weighted by atomic mass is 15.2. The van der Waals surface area contributed by atoms with Crippen LogP contribution in [0.2, 0.25) is 0 Å². The van der Waals surface area contributed by atoms with Gasteiger partial charge in [0.05, 0.1) is 0 Å². The lowest BCUT2D eigenvalue weighted by Gasteiger charge is -2.33. The summed E-state index contributed by atoms with van der Waals surface area (Å²) in [7, 11) is 0. The molecule has 0 aromatic carbocycles. The fourth-order valence-corrected chi connectivity index (χ4v) is 3.37. The van der Waals surface area contributed by atoms with E-state index in [1.807, 2.05) is 6.07 Å². The van der Waals surface area contributed by atoms with Crippen LogP contribution >= 0.6 is 0 Å². The van der Waals surface area contributed by atoms with Crippen molar-refractivity contribution < 1.29 is 0 Å². The van der Waals surface area contributed by atoms with Gasteiger partial charge in [0.15, 0.2) is 0 Å². The summed E-state index contributed by atoms with van der Waals surface area (Å²) in [4.78, 5) is 11.1. The summed E-state index contributed by atoms with van der Waals surface area (Å²) in [5.41, 5.74) is 0. The monoisotopic (exact) mass is 260 g/mol. The summed E-state index contributed by atoms with van der Waals surface area (Å²) >= 11 is 0. The maximum atomic E-state index is 4.24. The Morgan fingerprint density at radius 2 is 1.74 bits per heavy atom. The lowest BCUT2D eigenvalue weighted by molar-refractivity contribution is 0.189. The lowest BCUT2D eigenvalue weighted by atomic mass is 10.0. The smallest absolute Gasteiger partial charge is 0.222 e. The van der Waals surface area contributed by atoms with Gasteiger partial charge in [-0.15, -0.1) is 0 Å². The molecule has 4 heteroatoms. The number of nitrogens with one attached hydrogen (secondary N) is 1. The van der Waals surface area contributed by atoms with Crippen molar-refractivity contribution in [3.63, 3.8) is 0 Å². The summed E-state index contributed by atoms with van der Waals surface area (Å²) in [5.74, 6) is 1.75. The third-order valence-electron chi connectivity index (χ3n) is 4.48. The number of hydrogen-bond acceptors (Lipinski definition) is 4. The Bertz CT molecular complexity index is 367. The molecule has 1 aliphatic carbocycles. The maximum absolute atomic E-state index is 4.24. The van der Waals surface area contributed by atoms with E-state index in [9.17, 15) is 0 Å². The van der Waals surface area contributed by atoms with Crippen molar-refractivity contribution in [1.82, 2.24) is 14.9 Å². The minimum atomic E-state index is 0.544. The second kappa shape index (κ2) is 6.33. The van der Waals surface area contributed by atoms with E-state index >= 15 is 0 Å². The van der Waals surface area contributed by atoms with Gasteiger partial charge in [-0.3, -0.25) is 0 Å². The van der Waals surface area contributed by atoms with Crippen LogP contribution in [-0.2, 0) is 0 Å². The molecule has 0 atom stereocenters. The van der Waals surface area contributed by atoms with Crippen LogP contribution in [-0.4, -0.2) is 40.5 Å². The summed E-state index contributed by atoms with van der Waals surface area (Å²) in [5, 5.41) is 3.45. The van der Waals surface area contributed by atoms with E-state index in [-0.39, 0.29) is 0 Å². The van der Waals surface area contributed by atoms with E-state index in [0.29, 0.717) is 6.04 Å². The zero-order valence-electron chi connectivity index (χ0n) is 11.6. The molecule has 1 saturated heterocycles. The van der Waals surface area contributed by atoms with Crippen molar-refractivity contribution in [2.45, 2.75) is 44.6 Å². The molecule has 1 saturated carbocycles. The van der Waals surface area contributed by atoms with E-state index in [1.165, 1.54) is 58.2 Å². The number of nitrogens with zero attached hydrogens (tertiary/aromatic N) is 3. The topological polar surface area (TPSA) is 41.1 Å². The molecule has 1 aliphatic heterocycles. The number of piperidine rings is 1. The summed E-state index contributed by atoms with van der Waals surface area (Å²) in [6, 6.07) is 2.40. The van der Waals surface area contributed by atoms with E-state index in [4.69, 9.17) is 0 Å². The van der Waals surface area contributed by atoms with Gasteiger partial charge in [0, 0.05) is 38.1 Å². The van der Waals surface area contributed by atoms with Crippen LogP contribution in [0, 0.1) is 5.92 Å². The molecular formula is C15H24N4. The van der Waals surface area contributed by atoms with Crippen LogP contribution in [0.1, 0.15) is 38.5 Å². The molecule has 4 nitrogen and oxygen atoms in total. The van der Waals surface area contributed by atoms with Crippen molar-refractivity contribution in [3.05, 3.63) is 18.5 Å². The fourth-order valence-electron chi connectivity index (χ4n) is 3.37. The quantitative estimate of drug-likeness (QED) is 0.903. The fraction of sp³-hybridized carbons (Fsp3) is 0.733. The first-order valence-electron chi connectivity index (χ1n) is 7.66. The molecular weight excluding hydrogens is 236 g/mol. The Morgan fingerprint density at radius 1 is 1.05 bits per heavy atom. The van der Waals surface area contributed by atoms with Crippen molar-refractivity contribution in [3.8, 4) is 0 Å². The minimum absolute atomic E-state index is 0.544. The lowest BCUT2D eigenvalue weighted by Crippen LogP contribution is -2.41. The second-order valence-electron chi connectivity index (χ2n) is 5.94. The van der Waals surface area contributed by atoms with Gasteiger partial charge in [0.1, 0.15) is 0 Å². The highest BCUT2D eigenvalue weighted by molar-refractivity contribution is 5.24. The van der Waals surface area contributed by atoms with E-state index in [2.05, 4.69) is 20.2 Å². The molecule has 0 amide bonds. The number of rotatable bonds is 4. The molecule has 3 rings (SSSR count). The van der Waals surface area contributed by atoms with Crippen LogP contribution in [0.4, 0.5) is 5.95 Å². The van der Waals surface area contributed by atoms with E-state index < -0.39 is 0 Å². The van der Waals surface area contributed by atoms with Gasteiger partial charge in [0.2, 0.25) is 5.95 Å². The predicted molar refractivity (Wildman–Crippen MR) is 77.1 cm³/mol.